The van der Waals surface area contributed by atoms with Gasteiger partial charge in [0.2, 0.25) is 0 Å². The number of guanidine groups is 1. The van der Waals surface area contributed by atoms with E-state index in [1.165, 1.54) is 6.42 Å². The molecule has 0 aromatic carbocycles. The van der Waals surface area contributed by atoms with Crippen molar-refractivity contribution in [3.8, 4) is 0 Å². The first kappa shape index (κ1) is 15.6. The Morgan fingerprint density at radius 3 is 2.80 bits per heavy atom. The Labute approximate surface area is 123 Å². The minimum atomic E-state index is 0.204. The summed E-state index contributed by atoms with van der Waals surface area (Å²) in [5.41, 5.74) is 0.204. The maximum Gasteiger partial charge on any atom is 0.191 e. The number of nitrogens with one attached hydrogen (secondary N) is 2. The quantitative estimate of drug-likeness (QED) is 0.601. The van der Waals surface area contributed by atoms with Gasteiger partial charge in [0.05, 0.1) is 6.10 Å². The van der Waals surface area contributed by atoms with Crippen molar-refractivity contribution in [2.24, 2.45) is 22.2 Å². The molecule has 4 heteroatoms. The van der Waals surface area contributed by atoms with Gasteiger partial charge >= 0.3 is 0 Å². The maximum absolute atomic E-state index is 5.85. The molecule has 0 bridgehead atoms. The number of fused-ring (bicyclic) bond motifs is 1. The fraction of sp³-hybridized carbons (Fsp3) is 0.938. The molecule has 4 nitrogen and oxygen atoms in total. The van der Waals surface area contributed by atoms with Gasteiger partial charge in [-0.25, -0.2) is 0 Å². The van der Waals surface area contributed by atoms with Gasteiger partial charge in [-0.1, -0.05) is 27.7 Å². The van der Waals surface area contributed by atoms with Crippen LogP contribution in [-0.2, 0) is 4.74 Å². The third-order valence-corrected chi connectivity index (χ3v) is 4.71. The largest absolute Gasteiger partial charge is 0.377 e. The van der Waals surface area contributed by atoms with Crippen molar-refractivity contribution in [2.75, 3.05) is 19.7 Å². The standard InChI is InChI=1S/C16H31N3O/c1-6-17-15(18-9-7-11(2)3)19-13-12-8-10-20-14(12)16(13,4)5/h11-14H,6-10H2,1-5H3,(H2,17,18,19). The zero-order valence-electron chi connectivity index (χ0n) is 13.7. The van der Waals surface area contributed by atoms with Crippen molar-refractivity contribution in [1.82, 2.24) is 10.6 Å². The van der Waals surface area contributed by atoms with Crippen molar-refractivity contribution in [3.05, 3.63) is 0 Å². The molecule has 3 unspecified atom stereocenters. The molecule has 1 saturated heterocycles. The summed E-state index contributed by atoms with van der Waals surface area (Å²) in [6.07, 6.45) is 2.75. The van der Waals surface area contributed by atoms with E-state index in [9.17, 15) is 0 Å². The molecule has 1 heterocycles. The number of hydrogen-bond donors (Lipinski definition) is 2. The van der Waals surface area contributed by atoms with Gasteiger partial charge in [0.25, 0.3) is 0 Å². The Hall–Kier alpha value is -0.770. The van der Waals surface area contributed by atoms with Crippen LogP contribution in [0.25, 0.3) is 0 Å². The van der Waals surface area contributed by atoms with Crippen LogP contribution in [0.3, 0.4) is 0 Å². The summed E-state index contributed by atoms with van der Waals surface area (Å²) >= 11 is 0. The first-order chi connectivity index (χ1) is 9.46. The highest BCUT2D eigenvalue weighted by molar-refractivity contribution is 5.80. The second kappa shape index (κ2) is 6.33. The summed E-state index contributed by atoms with van der Waals surface area (Å²) in [5, 5.41) is 7.02. The van der Waals surface area contributed by atoms with Crippen molar-refractivity contribution >= 4 is 5.96 Å². The number of aliphatic imine (C=N–C) groups is 1. The Balaban J connectivity index is 1.94. The Morgan fingerprint density at radius 2 is 2.15 bits per heavy atom. The van der Waals surface area contributed by atoms with Crippen LogP contribution in [0.4, 0.5) is 0 Å². The van der Waals surface area contributed by atoms with Crippen molar-refractivity contribution < 1.29 is 4.74 Å². The van der Waals surface area contributed by atoms with E-state index in [1.807, 2.05) is 0 Å². The van der Waals surface area contributed by atoms with Gasteiger partial charge in [-0.05, 0) is 25.7 Å². The topological polar surface area (TPSA) is 45.7 Å². The minimum absolute atomic E-state index is 0.204. The maximum atomic E-state index is 5.85. The average molecular weight is 281 g/mol. The SMILES string of the molecule is CCNC(=NCCC(C)C)NC1C2CCOC2C1(C)C. The molecule has 2 fully saturated rings. The van der Waals surface area contributed by atoms with Crippen molar-refractivity contribution in [1.29, 1.82) is 0 Å². The average Bonchev–Trinajstić information content (AvgIpc) is 2.82. The molecule has 2 rings (SSSR count). The van der Waals surface area contributed by atoms with E-state index >= 15 is 0 Å². The van der Waals surface area contributed by atoms with Gasteiger partial charge < -0.3 is 15.4 Å². The summed E-state index contributed by atoms with van der Waals surface area (Å²) in [6.45, 7) is 13.9. The normalized spacial score (nSPS) is 31.9. The number of rotatable bonds is 5. The zero-order valence-corrected chi connectivity index (χ0v) is 13.7. The van der Waals surface area contributed by atoms with Crippen LogP contribution in [0.2, 0.25) is 0 Å². The molecule has 2 aliphatic rings. The number of hydrogen-bond acceptors (Lipinski definition) is 2. The van der Waals surface area contributed by atoms with Crippen LogP contribution >= 0.6 is 0 Å². The highest BCUT2D eigenvalue weighted by Gasteiger charge is 2.59. The lowest BCUT2D eigenvalue weighted by molar-refractivity contribution is -0.106. The monoisotopic (exact) mass is 281 g/mol. The van der Waals surface area contributed by atoms with E-state index in [4.69, 9.17) is 9.73 Å². The molecule has 2 N–H and O–H groups in total. The summed E-state index contributed by atoms with van der Waals surface area (Å²) in [7, 11) is 0. The van der Waals surface area contributed by atoms with E-state index in [1.54, 1.807) is 0 Å². The fourth-order valence-electron chi connectivity index (χ4n) is 3.52. The molecule has 1 aliphatic heterocycles. The first-order valence-corrected chi connectivity index (χ1v) is 8.13. The van der Waals surface area contributed by atoms with E-state index in [-0.39, 0.29) is 5.41 Å². The summed E-state index contributed by atoms with van der Waals surface area (Å²) in [5.74, 6) is 2.32. The molecule has 0 radical (unpaired) electrons. The van der Waals surface area contributed by atoms with E-state index in [0.29, 0.717) is 24.0 Å². The van der Waals surface area contributed by atoms with Crippen molar-refractivity contribution in [2.45, 2.75) is 59.6 Å². The van der Waals surface area contributed by atoms with Crippen molar-refractivity contribution in [3.63, 3.8) is 0 Å². The lowest BCUT2D eigenvalue weighted by atomic mass is 9.57. The Bertz CT molecular complexity index is 352. The lowest BCUT2D eigenvalue weighted by Gasteiger charge is -2.54. The third-order valence-electron chi connectivity index (χ3n) is 4.71. The molecule has 20 heavy (non-hydrogen) atoms. The second-order valence-electron chi connectivity index (χ2n) is 7.13. The molecule has 0 aromatic heterocycles. The molecule has 0 amide bonds. The number of nitrogens with zero attached hydrogens (tertiary/aromatic N) is 1. The summed E-state index contributed by atoms with van der Waals surface area (Å²) in [4.78, 5) is 4.71. The van der Waals surface area contributed by atoms with Crippen LogP contribution in [0.1, 0.15) is 47.5 Å². The van der Waals surface area contributed by atoms with E-state index < -0.39 is 0 Å². The van der Waals surface area contributed by atoms with Crippen LogP contribution in [-0.4, -0.2) is 37.8 Å². The smallest absolute Gasteiger partial charge is 0.191 e. The first-order valence-electron chi connectivity index (χ1n) is 8.13. The highest BCUT2D eigenvalue weighted by atomic mass is 16.5. The van der Waals surface area contributed by atoms with Crippen LogP contribution in [0.5, 0.6) is 0 Å². The number of ether oxygens (including phenoxy) is 1. The van der Waals surface area contributed by atoms with Crippen LogP contribution < -0.4 is 10.6 Å². The van der Waals surface area contributed by atoms with E-state index in [2.05, 4.69) is 45.3 Å². The van der Waals surface area contributed by atoms with Crippen LogP contribution in [0.15, 0.2) is 4.99 Å². The van der Waals surface area contributed by atoms with E-state index in [0.717, 1.165) is 32.1 Å². The fourth-order valence-corrected chi connectivity index (χ4v) is 3.52. The van der Waals surface area contributed by atoms with Gasteiger partial charge in [0.1, 0.15) is 0 Å². The zero-order chi connectivity index (χ0) is 14.8. The molecule has 0 spiro atoms. The van der Waals surface area contributed by atoms with Gasteiger partial charge in [0, 0.05) is 37.1 Å². The molecule has 3 atom stereocenters. The van der Waals surface area contributed by atoms with Gasteiger partial charge in [-0.2, -0.15) is 0 Å². The molecule has 0 aromatic rings. The summed E-state index contributed by atoms with van der Waals surface area (Å²) in [6, 6.07) is 0.479. The summed E-state index contributed by atoms with van der Waals surface area (Å²) < 4.78 is 5.85. The predicted molar refractivity (Wildman–Crippen MR) is 84.0 cm³/mol. The minimum Gasteiger partial charge on any atom is -0.377 e. The molecular formula is C16H31N3O. The molecule has 1 saturated carbocycles. The Kier molecular flexibility index (Phi) is 4.95. The predicted octanol–water partition coefficient (Wildman–Crippen LogP) is 2.40. The highest BCUT2D eigenvalue weighted by Crippen LogP contribution is 2.52. The third kappa shape index (κ3) is 3.11. The molecule has 1 aliphatic carbocycles. The molecule has 116 valence electrons. The lowest BCUT2D eigenvalue weighted by Crippen LogP contribution is -2.67. The van der Waals surface area contributed by atoms with Gasteiger partial charge in [0.15, 0.2) is 5.96 Å². The van der Waals surface area contributed by atoms with Gasteiger partial charge in [-0.15, -0.1) is 0 Å². The molecular weight excluding hydrogens is 250 g/mol. The Morgan fingerprint density at radius 1 is 1.40 bits per heavy atom. The van der Waals surface area contributed by atoms with Crippen LogP contribution in [0, 0.1) is 17.3 Å². The second-order valence-corrected chi connectivity index (χ2v) is 7.13. The van der Waals surface area contributed by atoms with Gasteiger partial charge in [-0.3, -0.25) is 4.99 Å².